The lowest BCUT2D eigenvalue weighted by atomic mass is 9.87. The van der Waals surface area contributed by atoms with Crippen molar-refractivity contribution < 1.29 is 35.4 Å². The van der Waals surface area contributed by atoms with Crippen molar-refractivity contribution in [3.8, 4) is 0 Å². The molecule has 0 rings (SSSR count). The van der Waals surface area contributed by atoms with Crippen LogP contribution in [-0.4, -0.2) is 70.3 Å². The molecule has 0 fully saturated rings. The minimum Gasteiger partial charge on any atom is -0.466 e. The molecular formula is C12H22O7. The van der Waals surface area contributed by atoms with Crippen molar-refractivity contribution in [2.75, 3.05) is 39.6 Å². The maximum absolute atomic E-state index is 9.20. The molecule has 0 aromatic carbocycles. The predicted octanol–water partition coefficient (Wildman–Crippen LogP) is -2.04. The highest BCUT2D eigenvalue weighted by atomic mass is 16.5. The molecule has 7 heteroatoms. The van der Waals surface area contributed by atoms with E-state index in [1.54, 1.807) is 0 Å². The molecule has 6 N–H and O–H groups in total. The van der Waals surface area contributed by atoms with Gasteiger partial charge < -0.3 is 35.4 Å². The van der Waals surface area contributed by atoms with Crippen LogP contribution in [0.15, 0.2) is 24.7 Å². The molecule has 19 heavy (non-hydrogen) atoms. The van der Waals surface area contributed by atoms with Crippen LogP contribution in [0.25, 0.3) is 0 Å². The summed E-state index contributed by atoms with van der Waals surface area (Å²) in [4.78, 5) is 0. The number of aliphatic hydroxyl groups is 6. The summed E-state index contributed by atoms with van der Waals surface area (Å²) in [6, 6.07) is 0. The van der Waals surface area contributed by atoms with Gasteiger partial charge in [0.2, 0.25) is 0 Å². The number of aliphatic hydroxyl groups excluding tert-OH is 6. The summed E-state index contributed by atoms with van der Waals surface area (Å²) in [5.41, 5.74) is -2.95. The van der Waals surface area contributed by atoms with Gasteiger partial charge in [-0.25, -0.2) is 0 Å². The Morgan fingerprint density at radius 2 is 0.842 bits per heavy atom. The van der Waals surface area contributed by atoms with E-state index in [2.05, 4.69) is 13.2 Å². The Balaban J connectivity index is 5.04. The van der Waals surface area contributed by atoms with Crippen molar-refractivity contribution in [1.29, 1.82) is 0 Å². The second-order valence-electron chi connectivity index (χ2n) is 4.46. The zero-order valence-electron chi connectivity index (χ0n) is 10.7. The molecule has 0 saturated heterocycles. The van der Waals surface area contributed by atoms with E-state index in [1.807, 2.05) is 0 Å². The lowest BCUT2D eigenvalue weighted by Gasteiger charge is -2.34. The highest BCUT2D eigenvalue weighted by Gasteiger charge is 2.38. The van der Waals surface area contributed by atoms with E-state index in [9.17, 15) is 30.6 Å². The molecule has 0 atom stereocenters. The molecular weight excluding hydrogens is 256 g/mol. The van der Waals surface area contributed by atoms with Crippen molar-refractivity contribution in [1.82, 2.24) is 0 Å². The van der Waals surface area contributed by atoms with Gasteiger partial charge in [0.15, 0.2) is 0 Å². The first-order valence-corrected chi connectivity index (χ1v) is 5.63. The van der Waals surface area contributed by atoms with Gasteiger partial charge in [-0.05, 0) is 0 Å². The summed E-state index contributed by atoms with van der Waals surface area (Å²) in [5.74, 6) is -0.352. The van der Waals surface area contributed by atoms with Crippen molar-refractivity contribution >= 4 is 0 Å². The Morgan fingerprint density at radius 3 is 1.00 bits per heavy atom. The fraction of sp³-hybridized carbons (Fsp3) is 0.667. The van der Waals surface area contributed by atoms with E-state index in [4.69, 9.17) is 4.74 Å². The predicted molar refractivity (Wildman–Crippen MR) is 66.7 cm³/mol. The molecule has 0 aliphatic heterocycles. The van der Waals surface area contributed by atoms with Crippen molar-refractivity contribution in [3.05, 3.63) is 24.7 Å². The van der Waals surface area contributed by atoms with Crippen LogP contribution < -0.4 is 0 Å². The highest BCUT2D eigenvalue weighted by Crippen LogP contribution is 2.33. The van der Waals surface area contributed by atoms with E-state index >= 15 is 0 Å². The van der Waals surface area contributed by atoms with Gasteiger partial charge in [-0.1, -0.05) is 13.2 Å². The quantitative estimate of drug-likeness (QED) is 0.254. The number of rotatable bonds is 10. The monoisotopic (exact) mass is 278 g/mol. The smallest absolute Gasteiger partial charge is 0.110 e. The van der Waals surface area contributed by atoms with Crippen LogP contribution >= 0.6 is 0 Å². The van der Waals surface area contributed by atoms with E-state index < -0.39 is 50.5 Å². The van der Waals surface area contributed by atoms with Crippen LogP contribution in [0, 0.1) is 10.8 Å². The molecule has 0 spiro atoms. The standard InChI is InChI=1S/C12H22O7/c1-9(11(3-13,4-14)5-15)19-10(2)12(6-16,7-17)8-18/h13-18H,1-8H2. The summed E-state index contributed by atoms with van der Waals surface area (Å²) < 4.78 is 5.18. The summed E-state index contributed by atoms with van der Waals surface area (Å²) >= 11 is 0. The summed E-state index contributed by atoms with van der Waals surface area (Å²) in [6.45, 7) is 3.29. The van der Waals surface area contributed by atoms with Gasteiger partial charge in [-0.2, -0.15) is 0 Å². The second-order valence-corrected chi connectivity index (χ2v) is 4.46. The SMILES string of the molecule is C=C(OC(=C)C(CO)(CO)CO)C(CO)(CO)CO. The van der Waals surface area contributed by atoms with Gasteiger partial charge >= 0.3 is 0 Å². The average Bonchev–Trinajstić information content (AvgIpc) is 2.44. The largest absolute Gasteiger partial charge is 0.466 e. The van der Waals surface area contributed by atoms with Crippen LogP contribution in [0.5, 0.6) is 0 Å². The first kappa shape index (κ1) is 18.0. The van der Waals surface area contributed by atoms with Crippen molar-refractivity contribution in [2.45, 2.75) is 0 Å². The third-order valence-electron chi connectivity index (χ3n) is 3.25. The van der Waals surface area contributed by atoms with Gasteiger partial charge in [0.05, 0.1) is 50.5 Å². The van der Waals surface area contributed by atoms with Crippen LogP contribution in [0.4, 0.5) is 0 Å². The van der Waals surface area contributed by atoms with E-state index in [-0.39, 0.29) is 11.5 Å². The Morgan fingerprint density at radius 1 is 0.632 bits per heavy atom. The fourth-order valence-corrected chi connectivity index (χ4v) is 1.19. The van der Waals surface area contributed by atoms with E-state index in [0.717, 1.165) is 0 Å². The van der Waals surface area contributed by atoms with E-state index in [0.29, 0.717) is 0 Å². The third-order valence-corrected chi connectivity index (χ3v) is 3.25. The zero-order valence-corrected chi connectivity index (χ0v) is 10.7. The lowest BCUT2D eigenvalue weighted by Crippen LogP contribution is -2.40. The zero-order chi connectivity index (χ0) is 15.1. The van der Waals surface area contributed by atoms with Gasteiger partial charge in [0.1, 0.15) is 11.5 Å². The Bertz CT molecular complexity index is 259. The minimum absolute atomic E-state index is 0.176. The Labute approximate surface area is 111 Å². The van der Waals surface area contributed by atoms with Crippen molar-refractivity contribution in [2.24, 2.45) is 10.8 Å². The highest BCUT2D eigenvalue weighted by molar-refractivity contribution is 5.12. The fourth-order valence-electron chi connectivity index (χ4n) is 1.19. The van der Waals surface area contributed by atoms with Gasteiger partial charge in [0.25, 0.3) is 0 Å². The molecule has 112 valence electrons. The maximum atomic E-state index is 9.20. The van der Waals surface area contributed by atoms with Crippen LogP contribution in [0.2, 0.25) is 0 Å². The van der Waals surface area contributed by atoms with Crippen molar-refractivity contribution in [3.63, 3.8) is 0 Å². The number of hydrogen-bond donors (Lipinski definition) is 6. The Kier molecular flexibility index (Phi) is 7.20. The normalized spacial score (nSPS) is 12.3. The molecule has 0 aliphatic carbocycles. The van der Waals surface area contributed by atoms with Gasteiger partial charge in [0, 0.05) is 0 Å². The average molecular weight is 278 g/mol. The number of ether oxygens (including phenoxy) is 1. The third kappa shape index (κ3) is 3.53. The first-order valence-electron chi connectivity index (χ1n) is 5.63. The van der Waals surface area contributed by atoms with Gasteiger partial charge in [-0.3, -0.25) is 0 Å². The molecule has 0 radical (unpaired) electrons. The minimum atomic E-state index is -1.48. The maximum Gasteiger partial charge on any atom is 0.110 e. The summed E-state index contributed by atoms with van der Waals surface area (Å²) in [6.07, 6.45) is 0. The first-order chi connectivity index (χ1) is 8.91. The molecule has 0 heterocycles. The lowest BCUT2D eigenvalue weighted by molar-refractivity contribution is -0.0325. The molecule has 0 aromatic heterocycles. The van der Waals surface area contributed by atoms with E-state index in [1.165, 1.54) is 0 Å². The summed E-state index contributed by atoms with van der Waals surface area (Å²) in [5, 5.41) is 55.2. The van der Waals surface area contributed by atoms with Gasteiger partial charge in [-0.15, -0.1) is 0 Å². The molecule has 0 aromatic rings. The molecule has 0 unspecified atom stereocenters. The van der Waals surface area contributed by atoms with Crippen LogP contribution in [0.1, 0.15) is 0 Å². The molecule has 0 aliphatic rings. The van der Waals surface area contributed by atoms with Crippen LogP contribution in [0.3, 0.4) is 0 Å². The molecule has 0 amide bonds. The molecule has 0 bridgehead atoms. The molecule has 0 saturated carbocycles. The Hall–Kier alpha value is -0.960. The van der Waals surface area contributed by atoms with Crippen LogP contribution in [-0.2, 0) is 4.74 Å². The molecule has 7 nitrogen and oxygen atoms in total. The number of hydrogen-bond acceptors (Lipinski definition) is 7. The summed E-state index contributed by atoms with van der Waals surface area (Å²) in [7, 11) is 0. The topological polar surface area (TPSA) is 131 Å². The second kappa shape index (κ2) is 7.59.